The lowest BCUT2D eigenvalue weighted by Crippen LogP contribution is -1.83. The highest BCUT2D eigenvalue weighted by atomic mass is 16.5. The van der Waals surface area contributed by atoms with E-state index in [1.807, 2.05) is 19.1 Å². The highest BCUT2D eigenvalue weighted by molar-refractivity contribution is 5.53. The molecule has 3 nitrogen and oxygen atoms in total. The second-order valence-corrected chi connectivity index (χ2v) is 3.59. The summed E-state index contributed by atoms with van der Waals surface area (Å²) in [7, 11) is 0. The normalized spacial score (nSPS) is 10.5. The van der Waals surface area contributed by atoms with Crippen LogP contribution in [0.4, 0.5) is 0 Å². The standard InChI is InChI=1S/C12H14N2O/c1-3-4-10-5-7-11(8-6-10)12-13-9(2)14-15-12/h5-8H,3-4H2,1-2H3. The van der Waals surface area contributed by atoms with E-state index in [9.17, 15) is 0 Å². The summed E-state index contributed by atoms with van der Waals surface area (Å²) in [6.45, 7) is 3.99. The molecule has 0 spiro atoms. The molecule has 3 heteroatoms. The molecule has 78 valence electrons. The van der Waals surface area contributed by atoms with Gasteiger partial charge in [0.2, 0.25) is 0 Å². The molecule has 2 rings (SSSR count). The molecule has 0 N–H and O–H groups in total. The summed E-state index contributed by atoms with van der Waals surface area (Å²) in [5, 5.41) is 3.77. The summed E-state index contributed by atoms with van der Waals surface area (Å²) < 4.78 is 5.09. The smallest absolute Gasteiger partial charge is 0.257 e. The first-order chi connectivity index (χ1) is 7.29. The van der Waals surface area contributed by atoms with Gasteiger partial charge in [-0.25, -0.2) is 0 Å². The lowest BCUT2D eigenvalue weighted by molar-refractivity contribution is 0.425. The first-order valence-electron chi connectivity index (χ1n) is 5.19. The molecule has 0 amide bonds. The summed E-state index contributed by atoms with van der Waals surface area (Å²) in [5.74, 6) is 1.26. The van der Waals surface area contributed by atoms with Gasteiger partial charge in [-0.05, 0) is 31.0 Å². The Kier molecular flexibility index (Phi) is 2.81. The summed E-state index contributed by atoms with van der Waals surface area (Å²) in [6, 6.07) is 8.27. The van der Waals surface area contributed by atoms with Gasteiger partial charge < -0.3 is 4.52 Å². The van der Waals surface area contributed by atoms with Crippen molar-refractivity contribution in [3.63, 3.8) is 0 Å². The number of aryl methyl sites for hydroxylation is 2. The summed E-state index contributed by atoms with van der Waals surface area (Å²) >= 11 is 0. The number of rotatable bonds is 3. The molecule has 0 saturated heterocycles. The van der Waals surface area contributed by atoms with Crippen LogP contribution in [0.15, 0.2) is 28.8 Å². The quantitative estimate of drug-likeness (QED) is 0.768. The van der Waals surface area contributed by atoms with E-state index in [2.05, 4.69) is 29.2 Å². The highest BCUT2D eigenvalue weighted by Crippen LogP contribution is 2.17. The zero-order valence-corrected chi connectivity index (χ0v) is 9.03. The van der Waals surface area contributed by atoms with Gasteiger partial charge in [-0.1, -0.05) is 30.6 Å². The average molecular weight is 202 g/mol. The molecule has 0 radical (unpaired) electrons. The molecule has 0 unspecified atom stereocenters. The fourth-order valence-electron chi connectivity index (χ4n) is 1.52. The minimum Gasteiger partial charge on any atom is -0.334 e. The van der Waals surface area contributed by atoms with Crippen LogP contribution in [-0.2, 0) is 6.42 Å². The van der Waals surface area contributed by atoms with Crippen molar-refractivity contribution in [2.45, 2.75) is 26.7 Å². The largest absolute Gasteiger partial charge is 0.334 e. The van der Waals surface area contributed by atoms with Crippen LogP contribution in [0, 0.1) is 6.92 Å². The van der Waals surface area contributed by atoms with E-state index < -0.39 is 0 Å². The second-order valence-electron chi connectivity index (χ2n) is 3.59. The lowest BCUT2D eigenvalue weighted by atomic mass is 10.1. The molecule has 2 aromatic rings. The molecule has 0 atom stereocenters. The Bertz CT molecular complexity index is 431. The van der Waals surface area contributed by atoms with Gasteiger partial charge in [0.1, 0.15) is 0 Å². The Morgan fingerprint density at radius 1 is 1.20 bits per heavy atom. The maximum absolute atomic E-state index is 5.09. The van der Waals surface area contributed by atoms with E-state index in [4.69, 9.17) is 4.52 Å². The number of benzene rings is 1. The first-order valence-corrected chi connectivity index (χ1v) is 5.19. The van der Waals surface area contributed by atoms with Gasteiger partial charge >= 0.3 is 0 Å². The summed E-state index contributed by atoms with van der Waals surface area (Å²) in [5.41, 5.74) is 2.33. The van der Waals surface area contributed by atoms with E-state index >= 15 is 0 Å². The van der Waals surface area contributed by atoms with Crippen LogP contribution in [0.2, 0.25) is 0 Å². The summed E-state index contributed by atoms with van der Waals surface area (Å²) in [6.07, 6.45) is 2.28. The van der Waals surface area contributed by atoms with Gasteiger partial charge in [0, 0.05) is 5.56 Å². The minimum atomic E-state index is 0.593. The fourth-order valence-corrected chi connectivity index (χ4v) is 1.52. The van der Waals surface area contributed by atoms with Crippen LogP contribution in [0.5, 0.6) is 0 Å². The van der Waals surface area contributed by atoms with Crippen molar-refractivity contribution >= 4 is 0 Å². The minimum absolute atomic E-state index is 0.593. The predicted octanol–water partition coefficient (Wildman–Crippen LogP) is 3.00. The predicted molar refractivity (Wildman–Crippen MR) is 58.5 cm³/mol. The van der Waals surface area contributed by atoms with Gasteiger partial charge in [0.15, 0.2) is 5.82 Å². The van der Waals surface area contributed by atoms with E-state index in [-0.39, 0.29) is 0 Å². The number of hydrogen-bond acceptors (Lipinski definition) is 3. The zero-order chi connectivity index (χ0) is 10.7. The second kappa shape index (κ2) is 4.26. The summed E-state index contributed by atoms with van der Waals surface area (Å²) in [4.78, 5) is 4.18. The van der Waals surface area contributed by atoms with Crippen LogP contribution in [0.25, 0.3) is 11.5 Å². The van der Waals surface area contributed by atoms with Crippen LogP contribution in [-0.4, -0.2) is 10.1 Å². The van der Waals surface area contributed by atoms with Crippen molar-refractivity contribution in [2.24, 2.45) is 0 Å². The molecule has 0 aliphatic rings. The Morgan fingerprint density at radius 2 is 1.93 bits per heavy atom. The van der Waals surface area contributed by atoms with Crippen molar-refractivity contribution in [2.75, 3.05) is 0 Å². The lowest BCUT2D eigenvalue weighted by Gasteiger charge is -1.98. The molecule has 1 aromatic carbocycles. The van der Waals surface area contributed by atoms with E-state index in [1.54, 1.807) is 0 Å². The van der Waals surface area contributed by atoms with Crippen LogP contribution in [0.1, 0.15) is 24.7 Å². The average Bonchev–Trinajstić information content (AvgIpc) is 2.67. The zero-order valence-electron chi connectivity index (χ0n) is 9.03. The molecule has 0 fully saturated rings. The highest BCUT2D eigenvalue weighted by Gasteiger charge is 2.05. The van der Waals surface area contributed by atoms with Crippen molar-refractivity contribution < 1.29 is 4.52 Å². The third-order valence-corrected chi connectivity index (χ3v) is 2.27. The topological polar surface area (TPSA) is 38.9 Å². The molecule has 15 heavy (non-hydrogen) atoms. The molecular formula is C12H14N2O. The fraction of sp³-hybridized carbons (Fsp3) is 0.333. The van der Waals surface area contributed by atoms with Crippen molar-refractivity contribution in [3.8, 4) is 11.5 Å². The van der Waals surface area contributed by atoms with Gasteiger partial charge in [-0.3, -0.25) is 0 Å². The molecule has 0 saturated carbocycles. The molecule has 1 aromatic heterocycles. The maximum Gasteiger partial charge on any atom is 0.257 e. The van der Waals surface area contributed by atoms with E-state index in [1.165, 1.54) is 12.0 Å². The van der Waals surface area contributed by atoms with Gasteiger partial charge in [-0.2, -0.15) is 4.98 Å². The molecule has 0 aliphatic carbocycles. The van der Waals surface area contributed by atoms with E-state index in [0.29, 0.717) is 11.7 Å². The Hall–Kier alpha value is -1.64. The van der Waals surface area contributed by atoms with Gasteiger partial charge in [-0.15, -0.1) is 0 Å². The molecule has 1 heterocycles. The number of hydrogen-bond donors (Lipinski definition) is 0. The van der Waals surface area contributed by atoms with Crippen molar-refractivity contribution in [1.29, 1.82) is 0 Å². The molecular weight excluding hydrogens is 188 g/mol. The van der Waals surface area contributed by atoms with Crippen molar-refractivity contribution in [3.05, 3.63) is 35.7 Å². The third-order valence-electron chi connectivity index (χ3n) is 2.27. The maximum atomic E-state index is 5.09. The molecule has 0 bridgehead atoms. The molecule has 0 aliphatic heterocycles. The Labute approximate surface area is 89.1 Å². The Balaban J connectivity index is 2.23. The SMILES string of the molecule is CCCc1ccc(-c2nc(C)no2)cc1. The van der Waals surface area contributed by atoms with Crippen molar-refractivity contribution in [1.82, 2.24) is 10.1 Å². The van der Waals surface area contributed by atoms with Crippen LogP contribution in [0.3, 0.4) is 0 Å². The van der Waals surface area contributed by atoms with E-state index in [0.717, 1.165) is 12.0 Å². The Morgan fingerprint density at radius 3 is 2.47 bits per heavy atom. The van der Waals surface area contributed by atoms with Gasteiger partial charge in [0.25, 0.3) is 5.89 Å². The number of nitrogens with zero attached hydrogens (tertiary/aromatic N) is 2. The monoisotopic (exact) mass is 202 g/mol. The number of aromatic nitrogens is 2. The van der Waals surface area contributed by atoms with Crippen LogP contribution < -0.4 is 0 Å². The third kappa shape index (κ3) is 2.24. The van der Waals surface area contributed by atoms with Crippen LogP contribution >= 0.6 is 0 Å². The first kappa shape index (κ1) is 9.90. The van der Waals surface area contributed by atoms with Gasteiger partial charge in [0.05, 0.1) is 0 Å².